The molecule has 170 valence electrons. The van der Waals surface area contributed by atoms with Crippen molar-refractivity contribution in [2.45, 2.75) is 11.8 Å². The first-order chi connectivity index (χ1) is 15.7. The minimum atomic E-state index is -3.40. The molecule has 2 aromatic heterocycles. The van der Waals surface area contributed by atoms with E-state index in [2.05, 4.69) is 14.5 Å². The first-order valence-corrected chi connectivity index (χ1v) is 13.0. The normalized spacial score (nSPS) is 11.5. The van der Waals surface area contributed by atoms with Gasteiger partial charge in [0.1, 0.15) is 10.7 Å². The number of carbonyl (C=O) groups is 1. The Morgan fingerprint density at radius 3 is 2.61 bits per heavy atom. The van der Waals surface area contributed by atoms with Crippen LogP contribution in [0, 0.1) is 0 Å². The third-order valence-corrected chi connectivity index (χ3v) is 7.04. The number of halogens is 2. The van der Waals surface area contributed by atoms with Crippen LogP contribution in [0.4, 0.5) is 0 Å². The van der Waals surface area contributed by atoms with Crippen LogP contribution >= 0.6 is 34.7 Å². The van der Waals surface area contributed by atoms with E-state index in [0.29, 0.717) is 32.8 Å². The van der Waals surface area contributed by atoms with Gasteiger partial charge in [-0.15, -0.1) is 0 Å². The number of sulfone groups is 1. The van der Waals surface area contributed by atoms with Crippen molar-refractivity contribution in [3.8, 4) is 27.8 Å². The van der Waals surface area contributed by atoms with Crippen LogP contribution in [0.3, 0.4) is 0 Å². The largest absolute Gasteiger partial charge is 0.461 e. The van der Waals surface area contributed by atoms with Gasteiger partial charge in [0.2, 0.25) is 0 Å². The molecule has 0 bridgehead atoms. The lowest BCUT2D eigenvalue weighted by molar-refractivity contribution is 0.0519. The van der Waals surface area contributed by atoms with Crippen LogP contribution in [0.25, 0.3) is 27.8 Å². The summed E-state index contributed by atoms with van der Waals surface area (Å²) in [6, 6.07) is 13.3. The third-order valence-electron chi connectivity index (χ3n) is 4.53. The predicted molar refractivity (Wildman–Crippen MR) is 127 cm³/mol. The second kappa shape index (κ2) is 9.22. The monoisotopic (exact) mass is 522 g/mol. The van der Waals surface area contributed by atoms with Crippen LogP contribution in [0.15, 0.2) is 53.4 Å². The number of hydrogen-bond donors (Lipinski definition) is 0. The van der Waals surface area contributed by atoms with Gasteiger partial charge in [-0.3, -0.25) is 0 Å². The second-order valence-electron chi connectivity index (χ2n) is 6.82. The molecule has 0 aliphatic carbocycles. The summed E-state index contributed by atoms with van der Waals surface area (Å²) in [5, 5.41) is 5.14. The van der Waals surface area contributed by atoms with Crippen LogP contribution < -0.4 is 0 Å². The highest BCUT2D eigenvalue weighted by molar-refractivity contribution is 7.90. The van der Waals surface area contributed by atoms with E-state index in [0.717, 1.165) is 17.8 Å². The summed E-state index contributed by atoms with van der Waals surface area (Å²) in [5.74, 6) is -0.374. The summed E-state index contributed by atoms with van der Waals surface area (Å²) in [6.45, 7) is 1.84. The fourth-order valence-electron chi connectivity index (χ4n) is 3.01. The van der Waals surface area contributed by atoms with Crippen molar-refractivity contribution in [3.63, 3.8) is 0 Å². The number of nitrogens with zero attached hydrogens (tertiary/aromatic N) is 4. The summed E-state index contributed by atoms with van der Waals surface area (Å²) in [7, 11) is -3.40. The van der Waals surface area contributed by atoms with E-state index in [-0.39, 0.29) is 22.2 Å². The molecule has 12 heteroatoms. The van der Waals surface area contributed by atoms with Crippen molar-refractivity contribution in [1.82, 2.24) is 19.1 Å². The van der Waals surface area contributed by atoms with Gasteiger partial charge in [-0.25, -0.2) is 22.9 Å². The topological polar surface area (TPSA) is 104 Å². The predicted octanol–water partition coefficient (Wildman–Crippen LogP) is 4.94. The molecule has 0 radical (unpaired) electrons. The van der Waals surface area contributed by atoms with Crippen molar-refractivity contribution >= 4 is 50.5 Å². The van der Waals surface area contributed by atoms with Gasteiger partial charge in [0.15, 0.2) is 26.4 Å². The smallest absolute Gasteiger partial charge is 0.360 e. The molecule has 2 aromatic carbocycles. The molecule has 0 N–H and O–H groups in total. The number of aromatic nitrogens is 4. The maximum Gasteiger partial charge on any atom is 0.360 e. The molecule has 0 amide bonds. The summed E-state index contributed by atoms with van der Waals surface area (Å²) in [6.07, 6.45) is 1.13. The molecule has 0 atom stereocenters. The Bertz CT molecular complexity index is 1460. The lowest BCUT2D eigenvalue weighted by Gasteiger charge is -2.07. The molecule has 0 fully saturated rings. The molecule has 0 saturated heterocycles. The first kappa shape index (κ1) is 23.4. The van der Waals surface area contributed by atoms with E-state index < -0.39 is 15.8 Å². The van der Waals surface area contributed by atoms with Crippen LogP contribution in [-0.2, 0) is 14.6 Å². The number of ether oxygens (including phenoxy) is 1. The van der Waals surface area contributed by atoms with E-state index in [1.54, 1.807) is 43.3 Å². The molecule has 4 rings (SSSR count). The lowest BCUT2D eigenvalue weighted by Crippen LogP contribution is -2.07. The molecule has 8 nitrogen and oxygen atoms in total. The zero-order valence-corrected chi connectivity index (χ0v) is 20.5. The average Bonchev–Trinajstić information content (AvgIpc) is 3.38. The molecule has 33 heavy (non-hydrogen) atoms. The average molecular weight is 523 g/mol. The molecule has 0 aliphatic rings. The molecular formula is C21H16Cl2N4O4S2. The SMILES string of the molecule is CCOC(=O)c1nn(-c2ccccc2Cl)c(-c2nc(-c3cccc(S(C)(=O)=O)c3)ns2)c1Cl. The number of para-hydroxylation sites is 1. The fraction of sp³-hybridized carbons (Fsp3) is 0.143. The first-order valence-electron chi connectivity index (χ1n) is 9.55. The van der Waals surface area contributed by atoms with Gasteiger partial charge in [-0.1, -0.05) is 47.5 Å². The fourth-order valence-corrected chi connectivity index (χ4v) is 4.96. The number of esters is 1. The van der Waals surface area contributed by atoms with Gasteiger partial charge >= 0.3 is 5.97 Å². The van der Waals surface area contributed by atoms with Crippen molar-refractivity contribution in [2.75, 3.05) is 12.9 Å². The molecule has 0 unspecified atom stereocenters. The number of carbonyl (C=O) groups excluding carboxylic acids is 1. The van der Waals surface area contributed by atoms with E-state index in [1.165, 1.54) is 16.8 Å². The van der Waals surface area contributed by atoms with E-state index >= 15 is 0 Å². The highest BCUT2D eigenvalue weighted by Gasteiger charge is 2.28. The van der Waals surface area contributed by atoms with Crippen molar-refractivity contribution in [3.05, 3.63) is 64.3 Å². The number of rotatable bonds is 6. The van der Waals surface area contributed by atoms with Gasteiger partial charge in [0, 0.05) is 11.8 Å². The standard InChI is InChI=1S/C21H16Cl2N4O4S2/c1-3-31-21(28)17-16(23)18(27(25-17)15-10-5-4-9-14(15)22)20-24-19(26-32-20)12-7-6-8-13(11-12)33(2,29)30/h4-11H,3H2,1-2H3. The van der Waals surface area contributed by atoms with Gasteiger partial charge in [0.05, 0.1) is 22.2 Å². The van der Waals surface area contributed by atoms with Crippen molar-refractivity contribution in [2.24, 2.45) is 0 Å². The Morgan fingerprint density at radius 1 is 1.15 bits per heavy atom. The van der Waals surface area contributed by atoms with Crippen LogP contribution in [-0.4, -0.2) is 46.4 Å². The Kier molecular flexibility index (Phi) is 6.53. The van der Waals surface area contributed by atoms with E-state index in [9.17, 15) is 13.2 Å². The summed E-state index contributed by atoms with van der Waals surface area (Å²) >= 11 is 14.0. The molecule has 2 heterocycles. The minimum absolute atomic E-state index is 0.0426. The maximum absolute atomic E-state index is 12.4. The zero-order chi connectivity index (χ0) is 23.8. The Morgan fingerprint density at radius 2 is 1.91 bits per heavy atom. The second-order valence-corrected chi connectivity index (χ2v) is 10.4. The summed E-state index contributed by atoms with van der Waals surface area (Å²) in [5.41, 5.74) is 1.24. The lowest BCUT2D eigenvalue weighted by atomic mass is 10.2. The molecule has 4 aromatic rings. The van der Waals surface area contributed by atoms with Gasteiger partial charge in [-0.2, -0.15) is 9.47 Å². The van der Waals surface area contributed by atoms with E-state index in [4.69, 9.17) is 27.9 Å². The maximum atomic E-state index is 12.4. The highest BCUT2D eigenvalue weighted by atomic mass is 35.5. The quantitative estimate of drug-likeness (QED) is 0.330. The van der Waals surface area contributed by atoms with Gasteiger partial charge in [-0.05, 0) is 42.7 Å². The molecule has 0 saturated carbocycles. The third kappa shape index (κ3) is 4.65. The van der Waals surface area contributed by atoms with Crippen LogP contribution in [0.2, 0.25) is 10.0 Å². The number of benzene rings is 2. The minimum Gasteiger partial charge on any atom is -0.461 e. The van der Waals surface area contributed by atoms with Crippen molar-refractivity contribution < 1.29 is 17.9 Å². The van der Waals surface area contributed by atoms with Gasteiger partial charge < -0.3 is 4.74 Å². The Balaban J connectivity index is 1.87. The Labute approximate surface area is 203 Å². The van der Waals surface area contributed by atoms with Crippen LogP contribution in [0.5, 0.6) is 0 Å². The number of hydrogen-bond acceptors (Lipinski definition) is 8. The Hall–Kier alpha value is -2.79. The van der Waals surface area contributed by atoms with Crippen molar-refractivity contribution in [1.29, 1.82) is 0 Å². The molecular weight excluding hydrogens is 507 g/mol. The van der Waals surface area contributed by atoms with E-state index in [1.807, 2.05) is 0 Å². The zero-order valence-electron chi connectivity index (χ0n) is 17.3. The highest BCUT2D eigenvalue weighted by Crippen LogP contribution is 2.37. The summed E-state index contributed by atoms with van der Waals surface area (Å²) in [4.78, 5) is 17.1. The molecule has 0 aliphatic heterocycles. The summed E-state index contributed by atoms with van der Waals surface area (Å²) < 4.78 is 34.7. The van der Waals surface area contributed by atoms with Gasteiger partial charge in [0.25, 0.3) is 0 Å². The van der Waals surface area contributed by atoms with Crippen LogP contribution in [0.1, 0.15) is 17.4 Å². The molecule has 0 spiro atoms.